The first-order valence-corrected chi connectivity index (χ1v) is 6.72. The van der Waals surface area contributed by atoms with Gasteiger partial charge in [-0.05, 0) is 38.3 Å². The first-order chi connectivity index (χ1) is 8.24. The number of nitrogens with two attached hydrogens (primary N) is 1. The number of aromatic nitrogens is 3. The van der Waals surface area contributed by atoms with Gasteiger partial charge in [-0.2, -0.15) is 4.98 Å². The van der Waals surface area contributed by atoms with E-state index in [1.54, 1.807) is 16.0 Å². The molecular weight excluding hydrogens is 300 g/mol. The van der Waals surface area contributed by atoms with Gasteiger partial charge in [0.15, 0.2) is 4.73 Å². The highest BCUT2D eigenvalue weighted by Gasteiger charge is 2.08. The van der Waals surface area contributed by atoms with E-state index in [2.05, 4.69) is 43.5 Å². The molecule has 0 spiro atoms. The van der Waals surface area contributed by atoms with Crippen molar-refractivity contribution in [3.8, 4) is 0 Å². The van der Waals surface area contributed by atoms with E-state index in [9.17, 15) is 0 Å². The molecule has 2 heterocycles. The van der Waals surface area contributed by atoms with Gasteiger partial charge in [-0.3, -0.25) is 0 Å². The molecule has 0 atom stereocenters. The number of thiophene rings is 1. The van der Waals surface area contributed by atoms with Crippen LogP contribution < -0.4 is 5.73 Å². The predicted octanol–water partition coefficient (Wildman–Crippen LogP) is 2.89. The highest BCUT2D eigenvalue weighted by molar-refractivity contribution is 9.10. The summed E-state index contributed by atoms with van der Waals surface area (Å²) in [5, 5.41) is 7.54. The minimum atomic E-state index is 0.288. The van der Waals surface area contributed by atoms with Gasteiger partial charge in [0, 0.05) is 4.70 Å². The van der Waals surface area contributed by atoms with Gasteiger partial charge in [0.2, 0.25) is 5.95 Å². The minimum Gasteiger partial charge on any atom is -0.366 e. The normalized spacial score (nSPS) is 11.1. The fourth-order valence-corrected chi connectivity index (χ4v) is 3.10. The van der Waals surface area contributed by atoms with Crippen LogP contribution in [0, 0.1) is 0 Å². The number of benzene rings is 1. The smallest absolute Gasteiger partial charge is 0.240 e. The van der Waals surface area contributed by atoms with Crippen LogP contribution in [0.1, 0.15) is 5.56 Å². The van der Waals surface area contributed by atoms with Crippen molar-refractivity contribution in [2.45, 2.75) is 6.54 Å². The molecule has 1 aromatic carbocycles. The average Bonchev–Trinajstić information content (AvgIpc) is 2.85. The molecule has 2 aromatic heterocycles. The van der Waals surface area contributed by atoms with Gasteiger partial charge in [0.25, 0.3) is 0 Å². The summed E-state index contributed by atoms with van der Waals surface area (Å²) < 4.78 is 3.70. The van der Waals surface area contributed by atoms with E-state index >= 15 is 0 Å². The van der Waals surface area contributed by atoms with E-state index < -0.39 is 0 Å². The van der Waals surface area contributed by atoms with E-state index in [0.717, 1.165) is 0 Å². The summed E-state index contributed by atoms with van der Waals surface area (Å²) in [6.07, 6.45) is 0. The number of hydrogen-bond acceptors (Lipinski definition) is 4. The zero-order chi connectivity index (χ0) is 11.8. The average molecular weight is 309 g/mol. The molecule has 4 nitrogen and oxygen atoms in total. The van der Waals surface area contributed by atoms with Crippen molar-refractivity contribution in [1.29, 1.82) is 0 Å². The molecule has 0 amide bonds. The van der Waals surface area contributed by atoms with Gasteiger partial charge in [-0.15, -0.1) is 16.4 Å². The summed E-state index contributed by atoms with van der Waals surface area (Å²) in [6.45, 7) is 0.675. The Bertz CT molecular complexity index is 673. The molecular formula is C11H9BrN4S. The Morgan fingerprint density at radius 2 is 2.18 bits per heavy atom. The molecule has 86 valence electrons. The third kappa shape index (κ3) is 1.94. The van der Waals surface area contributed by atoms with E-state index in [-0.39, 0.29) is 5.95 Å². The summed E-state index contributed by atoms with van der Waals surface area (Å²) in [4.78, 5) is 4.02. The summed E-state index contributed by atoms with van der Waals surface area (Å²) in [5.74, 6) is 0.288. The molecule has 17 heavy (non-hydrogen) atoms. The SMILES string of the molecule is Nc1nc(Br)n(Cc2csc3ccccc23)n1. The van der Waals surface area contributed by atoms with Crippen molar-refractivity contribution in [1.82, 2.24) is 14.8 Å². The molecule has 0 aliphatic rings. The Morgan fingerprint density at radius 1 is 1.35 bits per heavy atom. The Balaban J connectivity index is 2.03. The van der Waals surface area contributed by atoms with Gasteiger partial charge in [-0.1, -0.05) is 18.2 Å². The maximum Gasteiger partial charge on any atom is 0.240 e. The number of anilines is 1. The third-order valence-electron chi connectivity index (χ3n) is 2.52. The first kappa shape index (κ1) is 10.7. The molecule has 0 fully saturated rings. The zero-order valence-corrected chi connectivity index (χ0v) is 11.2. The van der Waals surface area contributed by atoms with Crippen molar-refractivity contribution in [3.05, 3.63) is 39.9 Å². The van der Waals surface area contributed by atoms with E-state index in [0.29, 0.717) is 11.3 Å². The lowest BCUT2D eigenvalue weighted by molar-refractivity contribution is 0.674. The van der Waals surface area contributed by atoms with Crippen LogP contribution in [0.2, 0.25) is 0 Å². The van der Waals surface area contributed by atoms with Crippen LogP contribution in [0.4, 0.5) is 5.95 Å². The largest absolute Gasteiger partial charge is 0.366 e. The lowest BCUT2D eigenvalue weighted by atomic mass is 10.2. The molecule has 0 radical (unpaired) electrons. The quantitative estimate of drug-likeness (QED) is 0.792. The zero-order valence-electron chi connectivity index (χ0n) is 8.80. The highest BCUT2D eigenvalue weighted by atomic mass is 79.9. The fraction of sp³-hybridized carbons (Fsp3) is 0.0909. The van der Waals surface area contributed by atoms with Crippen molar-refractivity contribution >= 4 is 43.3 Å². The number of fused-ring (bicyclic) bond motifs is 1. The maximum absolute atomic E-state index is 5.55. The maximum atomic E-state index is 5.55. The molecule has 0 aliphatic heterocycles. The molecule has 3 rings (SSSR count). The Labute approximate surface area is 110 Å². The van der Waals surface area contributed by atoms with Crippen molar-refractivity contribution in [2.24, 2.45) is 0 Å². The first-order valence-electron chi connectivity index (χ1n) is 5.05. The predicted molar refractivity (Wildman–Crippen MR) is 73.1 cm³/mol. The van der Waals surface area contributed by atoms with Gasteiger partial charge >= 0.3 is 0 Å². The lowest BCUT2D eigenvalue weighted by Gasteiger charge is -2.00. The molecule has 6 heteroatoms. The van der Waals surface area contributed by atoms with Crippen molar-refractivity contribution in [2.75, 3.05) is 5.73 Å². The van der Waals surface area contributed by atoms with Gasteiger partial charge in [0.1, 0.15) is 0 Å². The number of hydrogen-bond donors (Lipinski definition) is 1. The summed E-state index contributed by atoms with van der Waals surface area (Å²) in [6, 6.07) is 8.33. The molecule has 0 bridgehead atoms. The monoisotopic (exact) mass is 308 g/mol. The van der Waals surface area contributed by atoms with Crippen molar-refractivity contribution < 1.29 is 0 Å². The van der Waals surface area contributed by atoms with Crippen LogP contribution in [-0.4, -0.2) is 14.8 Å². The molecule has 2 N–H and O–H groups in total. The van der Waals surface area contributed by atoms with Gasteiger partial charge < -0.3 is 5.73 Å². The Kier molecular flexibility index (Phi) is 2.60. The molecule has 0 saturated heterocycles. The standard InChI is InChI=1S/C11H9BrN4S/c12-10-14-11(13)15-16(10)5-7-6-17-9-4-2-1-3-8(7)9/h1-4,6H,5H2,(H2,13,15). The van der Waals surface area contributed by atoms with Gasteiger partial charge in [-0.25, -0.2) is 4.68 Å². The second-order valence-electron chi connectivity index (χ2n) is 3.65. The van der Waals surface area contributed by atoms with Crippen LogP contribution in [0.15, 0.2) is 34.4 Å². The van der Waals surface area contributed by atoms with Crippen LogP contribution in [-0.2, 0) is 6.54 Å². The molecule has 0 unspecified atom stereocenters. The summed E-state index contributed by atoms with van der Waals surface area (Å²) in [5.41, 5.74) is 6.78. The lowest BCUT2D eigenvalue weighted by Crippen LogP contribution is -2.02. The van der Waals surface area contributed by atoms with E-state index in [1.165, 1.54) is 15.6 Å². The summed E-state index contributed by atoms with van der Waals surface area (Å²) >= 11 is 5.08. The second kappa shape index (κ2) is 4.12. The van der Waals surface area contributed by atoms with E-state index in [1.807, 2.05) is 12.1 Å². The van der Waals surface area contributed by atoms with Crippen LogP contribution in [0.5, 0.6) is 0 Å². The number of rotatable bonds is 2. The minimum absolute atomic E-state index is 0.288. The highest BCUT2D eigenvalue weighted by Crippen LogP contribution is 2.26. The molecule has 3 aromatic rings. The van der Waals surface area contributed by atoms with Crippen molar-refractivity contribution in [3.63, 3.8) is 0 Å². The van der Waals surface area contributed by atoms with Crippen LogP contribution >= 0.6 is 27.3 Å². The second-order valence-corrected chi connectivity index (χ2v) is 5.27. The van der Waals surface area contributed by atoms with Crippen LogP contribution in [0.25, 0.3) is 10.1 Å². The number of halogens is 1. The Hall–Kier alpha value is -1.40. The fourth-order valence-electron chi connectivity index (χ4n) is 1.76. The molecule has 0 saturated carbocycles. The Morgan fingerprint density at radius 3 is 2.94 bits per heavy atom. The van der Waals surface area contributed by atoms with E-state index in [4.69, 9.17) is 5.73 Å². The summed E-state index contributed by atoms with van der Waals surface area (Å²) in [7, 11) is 0. The van der Waals surface area contributed by atoms with Gasteiger partial charge in [0.05, 0.1) is 6.54 Å². The molecule has 0 aliphatic carbocycles. The number of nitrogen functional groups attached to an aromatic ring is 1. The third-order valence-corrected chi connectivity index (χ3v) is 4.12. The van der Waals surface area contributed by atoms with Crippen LogP contribution in [0.3, 0.4) is 0 Å². The topological polar surface area (TPSA) is 56.7 Å². The number of nitrogens with zero attached hydrogens (tertiary/aromatic N) is 3.